The molecule has 0 spiro atoms. The number of nitrogens with zero attached hydrogens (tertiary/aromatic N) is 3. The van der Waals surface area contributed by atoms with Gasteiger partial charge in [0, 0.05) is 48.7 Å². The third-order valence-corrected chi connectivity index (χ3v) is 4.04. The first kappa shape index (κ1) is 15.1. The number of carbonyl (C=O) groups excluding carboxylic acids is 1. The summed E-state index contributed by atoms with van der Waals surface area (Å²) in [5.41, 5.74) is 3.90. The molecule has 0 atom stereocenters. The van der Waals surface area contributed by atoms with Crippen LogP contribution in [0, 0.1) is 0 Å². The van der Waals surface area contributed by atoms with Crippen molar-refractivity contribution in [1.82, 2.24) is 20.1 Å². The summed E-state index contributed by atoms with van der Waals surface area (Å²) in [4.78, 5) is 16.6. The number of fused-ring (bicyclic) bond motifs is 1. The smallest absolute Gasteiger partial charge is 0.255 e. The summed E-state index contributed by atoms with van der Waals surface area (Å²) < 4.78 is 7.44. The molecular formula is C19H16N4O2. The third-order valence-electron chi connectivity index (χ3n) is 4.04. The molecule has 0 saturated carbocycles. The second-order valence-corrected chi connectivity index (χ2v) is 5.78. The van der Waals surface area contributed by atoms with Crippen molar-refractivity contribution in [3.05, 3.63) is 72.5 Å². The molecule has 0 unspecified atom stereocenters. The Morgan fingerprint density at radius 3 is 2.92 bits per heavy atom. The summed E-state index contributed by atoms with van der Waals surface area (Å²) >= 11 is 0. The van der Waals surface area contributed by atoms with E-state index >= 15 is 0 Å². The number of hydrogen-bond acceptors (Lipinski definition) is 4. The Kier molecular flexibility index (Phi) is 3.78. The van der Waals surface area contributed by atoms with Crippen LogP contribution in [0.4, 0.5) is 0 Å². The topological polar surface area (TPSA) is 73.0 Å². The van der Waals surface area contributed by atoms with E-state index in [0.29, 0.717) is 17.7 Å². The summed E-state index contributed by atoms with van der Waals surface area (Å²) in [5.74, 6) is -0.179. The molecule has 1 aromatic carbocycles. The summed E-state index contributed by atoms with van der Waals surface area (Å²) in [6.45, 7) is 0.416. The quantitative estimate of drug-likeness (QED) is 0.623. The van der Waals surface area contributed by atoms with Crippen molar-refractivity contribution in [2.75, 3.05) is 0 Å². The number of nitrogens with one attached hydrogen (secondary N) is 1. The van der Waals surface area contributed by atoms with Gasteiger partial charge in [0.2, 0.25) is 0 Å². The van der Waals surface area contributed by atoms with E-state index in [9.17, 15) is 4.79 Å². The van der Waals surface area contributed by atoms with E-state index in [0.717, 1.165) is 22.1 Å². The van der Waals surface area contributed by atoms with Crippen molar-refractivity contribution in [3.8, 4) is 11.1 Å². The number of benzene rings is 1. The fraction of sp³-hybridized carbons (Fsp3) is 0.105. The molecule has 0 saturated heterocycles. The normalized spacial score (nSPS) is 10.9. The lowest BCUT2D eigenvalue weighted by Crippen LogP contribution is -2.22. The van der Waals surface area contributed by atoms with Gasteiger partial charge in [0.05, 0.1) is 18.0 Å². The van der Waals surface area contributed by atoms with Gasteiger partial charge in [-0.15, -0.1) is 0 Å². The van der Waals surface area contributed by atoms with Crippen LogP contribution in [-0.2, 0) is 13.6 Å². The van der Waals surface area contributed by atoms with Crippen LogP contribution < -0.4 is 5.32 Å². The minimum Gasteiger partial charge on any atom is -0.463 e. The molecule has 0 radical (unpaired) electrons. The number of aromatic nitrogens is 3. The van der Waals surface area contributed by atoms with Gasteiger partial charge in [0.25, 0.3) is 5.91 Å². The molecule has 25 heavy (non-hydrogen) atoms. The number of pyridine rings is 1. The number of furan rings is 1. The number of aryl methyl sites for hydroxylation is 1. The van der Waals surface area contributed by atoms with Gasteiger partial charge in [-0.05, 0) is 17.7 Å². The largest absolute Gasteiger partial charge is 0.463 e. The van der Waals surface area contributed by atoms with Gasteiger partial charge in [0.15, 0.2) is 0 Å². The highest BCUT2D eigenvalue weighted by Gasteiger charge is 2.16. The van der Waals surface area contributed by atoms with Crippen LogP contribution in [-0.4, -0.2) is 20.7 Å². The average Bonchev–Trinajstić information content (AvgIpc) is 3.26. The van der Waals surface area contributed by atoms with Crippen molar-refractivity contribution in [2.45, 2.75) is 6.54 Å². The second-order valence-electron chi connectivity index (χ2n) is 5.78. The maximum atomic E-state index is 12.6. The van der Waals surface area contributed by atoms with E-state index in [1.165, 1.54) is 0 Å². The molecule has 0 aliphatic rings. The van der Waals surface area contributed by atoms with Gasteiger partial charge in [0.1, 0.15) is 5.58 Å². The minimum absolute atomic E-state index is 0.179. The van der Waals surface area contributed by atoms with E-state index < -0.39 is 0 Å². The number of carbonyl (C=O) groups is 1. The van der Waals surface area contributed by atoms with Gasteiger partial charge in [-0.1, -0.05) is 18.2 Å². The zero-order valence-electron chi connectivity index (χ0n) is 13.6. The number of amides is 1. The predicted octanol–water partition coefficient (Wildman–Crippen LogP) is 3.16. The van der Waals surface area contributed by atoms with Gasteiger partial charge in [-0.3, -0.25) is 14.5 Å². The lowest BCUT2D eigenvalue weighted by Gasteiger charge is -2.05. The van der Waals surface area contributed by atoms with Crippen molar-refractivity contribution < 1.29 is 9.21 Å². The zero-order chi connectivity index (χ0) is 17.2. The highest BCUT2D eigenvalue weighted by molar-refractivity contribution is 6.08. The maximum Gasteiger partial charge on any atom is 0.255 e. The molecule has 124 valence electrons. The van der Waals surface area contributed by atoms with E-state index in [2.05, 4.69) is 15.4 Å². The van der Waals surface area contributed by atoms with Crippen LogP contribution in [0.25, 0.3) is 22.1 Å². The van der Waals surface area contributed by atoms with Gasteiger partial charge in [-0.2, -0.15) is 5.10 Å². The summed E-state index contributed by atoms with van der Waals surface area (Å²) in [5, 5.41) is 7.99. The molecule has 4 aromatic rings. The lowest BCUT2D eigenvalue weighted by atomic mass is 10.1. The lowest BCUT2D eigenvalue weighted by molar-refractivity contribution is 0.0951. The molecule has 1 amide bonds. The van der Waals surface area contributed by atoms with Gasteiger partial charge < -0.3 is 9.73 Å². The Hall–Kier alpha value is -3.41. The van der Waals surface area contributed by atoms with Crippen LogP contribution in [0.3, 0.4) is 0 Å². The zero-order valence-corrected chi connectivity index (χ0v) is 13.6. The van der Waals surface area contributed by atoms with E-state index in [-0.39, 0.29) is 5.91 Å². The molecule has 0 aliphatic carbocycles. The highest BCUT2D eigenvalue weighted by atomic mass is 16.3. The van der Waals surface area contributed by atoms with Crippen molar-refractivity contribution >= 4 is 16.9 Å². The van der Waals surface area contributed by atoms with E-state index in [1.807, 2.05) is 37.5 Å². The maximum absolute atomic E-state index is 12.6. The number of para-hydroxylation sites is 1. The average molecular weight is 332 g/mol. The Morgan fingerprint density at radius 1 is 1.24 bits per heavy atom. The SMILES string of the molecule is Cn1cc(-c2coc3c(C(=O)NCc4cccnc4)cccc23)cn1. The monoisotopic (exact) mass is 332 g/mol. The van der Waals surface area contributed by atoms with Gasteiger partial charge >= 0.3 is 0 Å². The van der Waals surface area contributed by atoms with Crippen LogP contribution in [0.1, 0.15) is 15.9 Å². The number of hydrogen-bond donors (Lipinski definition) is 1. The fourth-order valence-corrected chi connectivity index (χ4v) is 2.80. The summed E-state index contributed by atoms with van der Waals surface area (Å²) in [7, 11) is 1.86. The Balaban J connectivity index is 1.64. The molecule has 3 heterocycles. The van der Waals surface area contributed by atoms with Crippen LogP contribution in [0.15, 0.2) is 65.8 Å². The Morgan fingerprint density at radius 2 is 2.16 bits per heavy atom. The highest BCUT2D eigenvalue weighted by Crippen LogP contribution is 2.32. The first-order valence-electron chi connectivity index (χ1n) is 7.89. The number of rotatable bonds is 4. The molecular weight excluding hydrogens is 316 g/mol. The predicted molar refractivity (Wildman–Crippen MR) is 93.8 cm³/mol. The molecule has 3 aromatic heterocycles. The Labute approximate surface area is 144 Å². The molecule has 1 N–H and O–H groups in total. The van der Waals surface area contributed by atoms with Crippen LogP contribution in [0.5, 0.6) is 0 Å². The standard InChI is InChI=1S/C19H16N4O2/c1-23-11-14(10-22-23)17-12-25-18-15(17)5-2-6-16(18)19(24)21-9-13-4-3-7-20-8-13/h2-8,10-12H,9H2,1H3,(H,21,24). The van der Waals surface area contributed by atoms with E-state index in [1.54, 1.807) is 35.6 Å². The van der Waals surface area contributed by atoms with Crippen LogP contribution >= 0.6 is 0 Å². The minimum atomic E-state index is -0.179. The molecule has 0 fully saturated rings. The van der Waals surface area contributed by atoms with Crippen molar-refractivity contribution in [3.63, 3.8) is 0 Å². The fourth-order valence-electron chi connectivity index (χ4n) is 2.80. The summed E-state index contributed by atoms with van der Waals surface area (Å²) in [6, 6.07) is 9.32. The van der Waals surface area contributed by atoms with E-state index in [4.69, 9.17) is 4.42 Å². The molecule has 0 bridgehead atoms. The summed E-state index contributed by atoms with van der Waals surface area (Å²) in [6.07, 6.45) is 8.79. The molecule has 6 nitrogen and oxygen atoms in total. The third kappa shape index (κ3) is 2.89. The molecule has 6 heteroatoms. The van der Waals surface area contributed by atoms with Gasteiger partial charge in [-0.25, -0.2) is 0 Å². The first-order valence-corrected chi connectivity index (χ1v) is 7.89. The second kappa shape index (κ2) is 6.24. The first-order chi connectivity index (χ1) is 12.2. The molecule has 0 aliphatic heterocycles. The van der Waals surface area contributed by atoms with Crippen molar-refractivity contribution in [1.29, 1.82) is 0 Å². The van der Waals surface area contributed by atoms with Crippen LogP contribution in [0.2, 0.25) is 0 Å². The van der Waals surface area contributed by atoms with Crippen molar-refractivity contribution in [2.24, 2.45) is 7.05 Å². The molecule has 4 rings (SSSR count). The Bertz CT molecular complexity index is 1030.